The first-order valence-electron chi connectivity index (χ1n) is 14.3. The number of carbonyl (C=O) groups excluding carboxylic acids is 5. The lowest BCUT2D eigenvalue weighted by atomic mass is 9.44. The smallest absolute Gasteiger partial charge is 0.328 e. The van der Waals surface area contributed by atoms with E-state index >= 15 is 0 Å². The maximum absolute atomic E-state index is 14.8. The number of rotatable bonds is 3. The first-order valence-corrected chi connectivity index (χ1v) is 14.3. The van der Waals surface area contributed by atoms with Gasteiger partial charge in [0.15, 0.2) is 11.6 Å². The molecule has 0 unspecified atom stereocenters. The Labute approximate surface area is 247 Å². The highest BCUT2D eigenvalue weighted by atomic mass is 16.3. The molecule has 3 aromatic carbocycles. The van der Waals surface area contributed by atoms with Crippen molar-refractivity contribution in [3.8, 4) is 5.75 Å². The van der Waals surface area contributed by atoms with Gasteiger partial charge in [0, 0.05) is 17.4 Å². The van der Waals surface area contributed by atoms with Crippen molar-refractivity contribution in [2.45, 2.75) is 24.2 Å². The number of likely N-dealkylation sites (tertiary alicyclic amines) is 1. The van der Waals surface area contributed by atoms with Gasteiger partial charge in [0.1, 0.15) is 5.75 Å². The van der Waals surface area contributed by atoms with Crippen LogP contribution >= 0.6 is 0 Å². The first-order chi connectivity index (χ1) is 20.7. The third-order valence-electron chi connectivity index (χ3n) is 9.80. The molecule has 1 saturated heterocycles. The normalized spacial score (nSPS) is 29.8. The molecule has 8 nitrogen and oxygen atoms in total. The molecule has 43 heavy (non-hydrogen) atoms. The summed E-state index contributed by atoms with van der Waals surface area (Å²) < 4.78 is 0. The van der Waals surface area contributed by atoms with Gasteiger partial charge in [-0.3, -0.25) is 19.2 Å². The zero-order valence-electron chi connectivity index (χ0n) is 23.1. The standard InChI is InChI=1S/C35H28N2O6/c36-34(43)37-32(41)24-15-14-23-26(29(24)33(37)42)17-27-31(40)25(19-8-3-1-4-9-19)18-28(39)35(27,21-11-5-2-6-12-21)30(23)20-10-7-13-22(38)16-20/h1-14,16,18,24,26-27,29-30,38H,15,17H2,(H2,36,43)/t24-,26+,27-,29-,30-,35-/m0/s1. The third-order valence-corrected chi connectivity index (χ3v) is 9.80. The molecule has 3 aromatic rings. The Morgan fingerprint density at radius 2 is 1.56 bits per heavy atom. The highest BCUT2D eigenvalue weighted by molar-refractivity contribution is 6.31. The molecular weight excluding hydrogens is 544 g/mol. The number of phenolic OH excluding ortho intramolecular Hbond substituents is 1. The topological polar surface area (TPSA) is 135 Å². The van der Waals surface area contributed by atoms with Gasteiger partial charge in [0.2, 0.25) is 11.8 Å². The molecule has 214 valence electrons. The fraction of sp³-hybridized carbons (Fsp3) is 0.229. The van der Waals surface area contributed by atoms with Crippen molar-refractivity contribution in [3.05, 3.63) is 119 Å². The Bertz CT molecular complexity index is 1780. The van der Waals surface area contributed by atoms with E-state index in [0.717, 1.165) is 5.57 Å². The third kappa shape index (κ3) is 3.72. The van der Waals surface area contributed by atoms with Crippen molar-refractivity contribution in [1.29, 1.82) is 0 Å². The van der Waals surface area contributed by atoms with E-state index in [0.29, 0.717) is 27.2 Å². The summed E-state index contributed by atoms with van der Waals surface area (Å²) in [5.41, 5.74) is 7.01. The summed E-state index contributed by atoms with van der Waals surface area (Å²) in [5.74, 6) is -5.73. The van der Waals surface area contributed by atoms with Gasteiger partial charge in [-0.05, 0) is 53.7 Å². The van der Waals surface area contributed by atoms with Crippen molar-refractivity contribution in [3.63, 3.8) is 0 Å². The number of primary amides is 1. The van der Waals surface area contributed by atoms with Crippen LogP contribution in [0.1, 0.15) is 35.4 Å². The molecule has 0 bridgehead atoms. The molecule has 7 rings (SSSR count). The van der Waals surface area contributed by atoms with Gasteiger partial charge in [-0.2, -0.15) is 4.90 Å². The van der Waals surface area contributed by atoms with Crippen LogP contribution in [0.3, 0.4) is 0 Å². The number of Topliss-reactive ketones (excluding diaryl/α,β-unsaturated/α-hetero) is 1. The zero-order valence-corrected chi connectivity index (χ0v) is 23.1. The average Bonchev–Trinajstić information content (AvgIpc) is 3.28. The molecule has 0 spiro atoms. The minimum atomic E-state index is -1.38. The Hall–Kier alpha value is -5.11. The van der Waals surface area contributed by atoms with Gasteiger partial charge in [-0.25, -0.2) is 4.79 Å². The maximum Gasteiger partial charge on any atom is 0.328 e. The monoisotopic (exact) mass is 572 g/mol. The number of ketones is 2. The second-order valence-corrected chi connectivity index (χ2v) is 11.7. The van der Waals surface area contributed by atoms with Crippen LogP contribution in [0.25, 0.3) is 5.57 Å². The number of allylic oxidation sites excluding steroid dienone is 4. The van der Waals surface area contributed by atoms with E-state index in [1.807, 2.05) is 48.5 Å². The summed E-state index contributed by atoms with van der Waals surface area (Å²) in [5, 5.41) is 10.6. The van der Waals surface area contributed by atoms with Crippen LogP contribution in [0, 0.1) is 23.7 Å². The number of hydrogen-bond donors (Lipinski definition) is 2. The highest BCUT2D eigenvalue weighted by Gasteiger charge is 2.66. The number of amides is 4. The fourth-order valence-corrected chi connectivity index (χ4v) is 8.17. The van der Waals surface area contributed by atoms with Crippen LogP contribution in [0.5, 0.6) is 5.75 Å². The van der Waals surface area contributed by atoms with E-state index in [9.17, 15) is 29.1 Å². The quantitative estimate of drug-likeness (QED) is 0.355. The predicted molar refractivity (Wildman–Crippen MR) is 156 cm³/mol. The van der Waals surface area contributed by atoms with Gasteiger partial charge in [0.25, 0.3) is 0 Å². The summed E-state index contributed by atoms with van der Waals surface area (Å²) in [6.07, 6.45) is 3.65. The molecule has 3 aliphatic carbocycles. The van der Waals surface area contributed by atoms with Crippen LogP contribution in [-0.4, -0.2) is 39.4 Å². The number of fused-ring (bicyclic) bond motifs is 4. The Morgan fingerprint density at radius 1 is 0.860 bits per heavy atom. The van der Waals surface area contributed by atoms with Crippen LogP contribution < -0.4 is 5.73 Å². The van der Waals surface area contributed by atoms with Crippen LogP contribution in [0.15, 0.2) is 103 Å². The minimum absolute atomic E-state index is 0.00389. The molecule has 0 aromatic heterocycles. The molecular formula is C35H28N2O6. The second kappa shape index (κ2) is 9.73. The molecule has 1 heterocycles. The summed E-state index contributed by atoms with van der Waals surface area (Å²) in [7, 11) is 0. The lowest BCUT2D eigenvalue weighted by Gasteiger charge is -2.55. The van der Waals surface area contributed by atoms with Crippen LogP contribution in [0.4, 0.5) is 4.79 Å². The summed E-state index contributed by atoms with van der Waals surface area (Å²) in [6, 6.07) is 23.7. The number of hydrogen-bond acceptors (Lipinski definition) is 6. The molecule has 2 fully saturated rings. The number of benzene rings is 3. The lowest BCUT2D eigenvalue weighted by molar-refractivity contribution is -0.137. The number of nitrogens with zero attached hydrogens (tertiary/aromatic N) is 1. The predicted octanol–water partition coefficient (Wildman–Crippen LogP) is 4.30. The number of urea groups is 1. The van der Waals surface area contributed by atoms with Crippen molar-refractivity contribution in [2.75, 3.05) is 0 Å². The number of phenols is 1. The number of carbonyl (C=O) groups is 5. The van der Waals surface area contributed by atoms with E-state index in [1.165, 1.54) is 12.1 Å². The van der Waals surface area contributed by atoms with Gasteiger partial charge >= 0.3 is 6.03 Å². The lowest BCUT2D eigenvalue weighted by Crippen LogP contribution is -2.58. The highest BCUT2D eigenvalue weighted by Crippen LogP contribution is 2.63. The number of aromatic hydroxyl groups is 1. The summed E-state index contributed by atoms with van der Waals surface area (Å²) >= 11 is 0. The van der Waals surface area contributed by atoms with Gasteiger partial charge in [-0.1, -0.05) is 84.4 Å². The van der Waals surface area contributed by atoms with E-state index in [1.54, 1.807) is 36.4 Å². The Morgan fingerprint density at radius 3 is 2.23 bits per heavy atom. The molecule has 1 saturated carbocycles. The van der Waals surface area contributed by atoms with Crippen LogP contribution in [0.2, 0.25) is 0 Å². The van der Waals surface area contributed by atoms with E-state index in [4.69, 9.17) is 5.73 Å². The molecule has 4 aliphatic rings. The van der Waals surface area contributed by atoms with Gasteiger partial charge in [-0.15, -0.1) is 0 Å². The molecule has 3 N–H and O–H groups in total. The van der Waals surface area contributed by atoms with Gasteiger partial charge in [0.05, 0.1) is 17.3 Å². The van der Waals surface area contributed by atoms with E-state index < -0.39 is 52.8 Å². The Balaban J connectivity index is 1.51. The van der Waals surface area contributed by atoms with E-state index in [2.05, 4.69) is 0 Å². The van der Waals surface area contributed by atoms with Crippen molar-refractivity contribution in [2.24, 2.45) is 29.4 Å². The number of imide groups is 3. The minimum Gasteiger partial charge on any atom is -0.508 e. The zero-order chi connectivity index (χ0) is 30.0. The van der Waals surface area contributed by atoms with Crippen molar-refractivity contribution >= 4 is 35.0 Å². The second-order valence-electron chi connectivity index (χ2n) is 11.7. The largest absolute Gasteiger partial charge is 0.508 e. The van der Waals surface area contributed by atoms with Crippen molar-refractivity contribution < 1.29 is 29.1 Å². The summed E-state index contributed by atoms with van der Waals surface area (Å²) in [4.78, 5) is 69.0. The van der Waals surface area contributed by atoms with Crippen LogP contribution in [-0.2, 0) is 24.6 Å². The molecule has 4 amide bonds. The SMILES string of the molecule is NC(=O)N1C(=O)[C@H]2[C@H](CC=C3[C@H]2C[C@H]2C(=O)C(c4ccccc4)=CC(=O)[C@@]2(c2ccccc2)[C@H]3c2cccc(O)c2)C1=O. The van der Waals surface area contributed by atoms with Crippen molar-refractivity contribution in [1.82, 2.24) is 4.90 Å². The molecule has 6 atom stereocenters. The van der Waals surface area contributed by atoms with E-state index in [-0.39, 0.29) is 30.2 Å². The molecule has 0 radical (unpaired) electrons. The average molecular weight is 573 g/mol. The first kappa shape index (κ1) is 26.8. The summed E-state index contributed by atoms with van der Waals surface area (Å²) in [6.45, 7) is 0. The molecule has 8 heteroatoms. The molecule has 1 aliphatic heterocycles. The Kier molecular flexibility index (Phi) is 6.06. The number of nitrogens with two attached hydrogens (primary N) is 1. The fourth-order valence-electron chi connectivity index (χ4n) is 8.17. The maximum atomic E-state index is 14.8. The van der Waals surface area contributed by atoms with Gasteiger partial charge < -0.3 is 10.8 Å².